The van der Waals surface area contributed by atoms with E-state index in [1.54, 1.807) is 0 Å². The minimum Gasteiger partial charge on any atom is -0.406 e. The van der Waals surface area contributed by atoms with Gasteiger partial charge in [-0.3, -0.25) is 9.78 Å². The van der Waals surface area contributed by atoms with Gasteiger partial charge in [0.05, 0.1) is 4.90 Å². The van der Waals surface area contributed by atoms with Crippen molar-refractivity contribution < 1.29 is 49.4 Å². The number of carbonyl (C=O) groups is 1. The van der Waals surface area contributed by atoms with E-state index in [4.69, 9.17) is 5.11 Å². The molecule has 3 aromatic rings. The quantitative estimate of drug-likeness (QED) is 0.270. The maximum atomic E-state index is 14.8. The molecule has 0 bridgehead atoms. The van der Waals surface area contributed by atoms with Gasteiger partial charge in [-0.1, -0.05) is 0 Å². The molecule has 2 aromatic carbocycles. The van der Waals surface area contributed by atoms with Crippen molar-refractivity contribution in [2.75, 3.05) is 6.73 Å². The number of benzene rings is 2. The first-order valence-corrected chi connectivity index (χ1v) is 11.4. The second-order valence-corrected chi connectivity index (χ2v) is 9.32. The van der Waals surface area contributed by atoms with Crippen LogP contribution in [0.15, 0.2) is 53.6 Å². The Hall–Kier alpha value is -3.65. The van der Waals surface area contributed by atoms with E-state index in [1.165, 1.54) is 6.92 Å². The number of pyridine rings is 1. The second kappa shape index (κ2) is 10.1. The van der Waals surface area contributed by atoms with Gasteiger partial charge < -0.3 is 15.2 Å². The van der Waals surface area contributed by atoms with Crippen LogP contribution < -0.4 is 10.1 Å². The maximum absolute atomic E-state index is 14.8. The standard InChI is InChI=1S/C22H16F6N2O5S/c1-11-8-17(21(32)30-10-31)29-9-14(11)20(18-15(23)6-7-16(24)19(18)25)36(33,34)13-4-2-12(3-5-13)35-22(26,27)28/h2-9,20,31H,10H2,1H3,(H,30,32). The number of sulfone groups is 1. The number of aliphatic hydroxyl groups excluding tert-OH is 1. The Bertz CT molecular complexity index is 1400. The first kappa shape index (κ1) is 26.9. The van der Waals surface area contributed by atoms with E-state index in [1.807, 2.05) is 5.32 Å². The molecule has 192 valence electrons. The number of carbonyl (C=O) groups excluding carboxylic acids is 1. The Kier molecular flexibility index (Phi) is 7.59. The summed E-state index contributed by atoms with van der Waals surface area (Å²) in [4.78, 5) is 15.1. The summed E-state index contributed by atoms with van der Waals surface area (Å²) in [6.07, 6.45) is -4.21. The average Bonchev–Trinajstić information content (AvgIpc) is 2.79. The molecule has 0 aliphatic carbocycles. The minimum atomic E-state index is -5.05. The molecule has 0 radical (unpaired) electrons. The highest BCUT2D eigenvalue weighted by molar-refractivity contribution is 7.92. The molecule has 2 N–H and O–H groups in total. The Morgan fingerprint density at radius 1 is 1.08 bits per heavy atom. The Balaban J connectivity index is 2.22. The molecule has 1 amide bonds. The van der Waals surface area contributed by atoms with Crippen molar-refractivity contribution in [2.45, 2.75) is 23.4 Å². The molecule has 0 aliphatic rings. The summed E-state index contributed by atoms with van der Waals surface area (Å²) in [5, 5.41) is 8.63. The van der Waals surface area contributed by atoms with Gasteiger partial charge in [-0.2, -0.15) is 0 Å². The fourth-order valence-electron chi connectivity index (χ4n) is 3.36. The van der Waals surface area contributed by atoms with E-state index >= 15 is 0 Å². The van der Waals surface area contributed by atoms with Gasteiger partial charge >= 0.3 is 6.36 Å². The van der Waals surface area contributed by atoms with E-state index in [-0.39, 0.29) is 16.8 Å². The molecule has 1 aromatic heterocycles. The molecule has 0 fully saturated rings. The van der Waals surface area contributed by atoms with E-state index in [2.05, 4.69) is 9.72 Å². The number of amides is 1. The summed E-state index contributed by atoms with van der Waals surface area (Å²) in [5.41, 5.74) is -1.80. The predicted octanol–water partition coefficient (Wildman–Crippen LogP) is 3.95. The van der Waals surface area contributed by atoms with Crippen LogP contribution in [-0.4, -0.2) is 37.5 Å². The van der Waals surface area contributed by atoms with Crippen molar-refractivity contribution in [1.29, 1.82) is 0 Å². The first-order chi connectivity index (χ1) is 16.8. The number of hydrogen-bond donors (Lipinski definition) is 2. The van der Waals surface area contributed by atoms with Gasteiger partial charge in [0.2, 0.25) is 0 Å². The predicted molar refractivity (Wildman–Crippen MR) is 112 cm³/mol. The van der Waals surface area contributed by atoms with Gasteiger partial charge in [-0.15, -0.1) is 13.2 Å². The van der Waals surface area contributed by atoms with Crippen LogP contribution >= 0.6 is 0 Å². The molecule has 0 saturated carbocycles. The zero-order valence-corrected chi connectivity index (χ0v) is 18.9. The molecule has 0 spiro atoms. The van der Waals surface area contributed by atoms with E-state index in [0.717, 1.165) is 24.4 Å². The van der Waals surface area contributed by atoms with Gasteiger partial charge in [0.15, 0.2) is 21.5 Å². The average molecular weight is 534 g/mol. The van der Waals surface area contributed by atoms with Crippen molar-refractivity contribution in [1.82, 2.24) is 10.3 Å². The number of ether oxygens (including phenoxy) is 1. The zero-order chi connectivity index (χ0) is 26.8. The Labute approximate surface area is 200 Å². The van der Waals surface area contributed by atoms with Gasteiger partial charge in [0.25, 0.3) is 5.91 Å². The lowest BCUT2D eigenvalue weighted by atomic mass is 10.00. The number of nitrogens with zero attached hydrogens (tertiary/aromatic N) is 1. The van der Waals surface area contributed by atoms with Crippen molar-refractivity contribution in [3.05, 3.63) is 88.5 Å². The summed E-state index contributed by atoms with van der Waals surface area (Å²) in [6.45, 7) is 0.566. The Morgan fingerprint density at radius 2 is 1.69 bits per heavy atom. The number of aromatic nitrogens is 1. The lowest BCUT2D eigenvalue weighted by Gasteiger charge is -2.22. The highest BCUT2D eigenvalue weighted by atomic mass is 32.2. The van der Waals surface area contributed by atoms with Crippen LogP contribution in [0, 0.1) is 24.4 Å². The molecule has 0 saturated heterocycles. The highest BCUT2D eigenvalue weighted by Gasteiger charge is 2.38. The summed E-state index contributed by atoms with van der Waals surface area (Å²) in [5.74, 6) is -6.36. The molecular weight excluding hydrogens is 518 g/mol. The summed E-state index contributed by atoms with van der Waals surface area (Å²) in [7, 11) is -4.86. The normalized spacial score (nSPS) is 12.8. The third-order valence-corrected chi connectivity index (χ3v) is 6.98. The lowest BCUT2D eigenvalue weighted by Crippen LogP contribution is -2.26. The number of alkyl halides is 3. The molecule has 1 atom stereocenters. The molecule has 1 unspecified atom stereocenters. The number of hydrogen-bond acceptors (Lipinski definition) is 6. The minimum absolute atomic E-state index is 0.00162. The van der Waals surface area contributed by atoms with Crippen LogP contribution in [0.2, 0.25) is 0 Å². The number of aryl methyl sites for hydroxylation is 1. The van der Waals surface area contributed by atoms with E-state index < -0.39 is 67.7 Å². The topological polar surface area (TPSA) is 106 Å². The summed E-state index contributed by atoms with van der Waals surface area (Å²) >= 11 is 0. The third-order valence-electron chi connectivity index (χ3n) is 4.94. The van der Waals surface area contributed by atoms with Gasteiger partial charge in [0.1, 0.15) is 29.2 Å². The highest BCUT2D eigenvalue weighted by Crippen LogP contribution is 2.40. The largest absolute Gasteiger partial charge is 0.573 e. The second-order valence-electron chi connectivity index (χ2n) is 7.29. The molecule has 1 heterocycles. The van der Waals surface area contributed by atoms with E-state index in [9.17, 15) is 39.6 Å². The van der Waals surface area contributed by atoms with Gasteiger partial charge in [0, 0.05) is 11.8 Å². The summed E-state index contributed by atoms with van der Waals surface area (Å²) in [6, 6.07) is 4.87. The molecule has 36 heavy (non-hydrogen) atoms. The van der Waals surface area contributed by atoms with Gasteiger partial charge in [-0.25, -0.2) is 21.6 Å². The SMILES string of the molecule is Cc1cc(C(=O)NCO)ncc1C(c1c(F)ccc(F)c1F)S(=O)(=O)c1ccc(OC(F)(F)F)cc1. The van der Waals surface area contributed by atoms with Crippen molar-refractivity contribution in [3.63, 3.8) is 0 Å². The molecular formula is C22H16F6N2O5S. The Morgan fingerprint density at radius 3 is 2.25 bits per heavy atom. The van der Waals surface area contributed by atoms with Crippen LogP contribution in [0.5, 0.6) is 5.75 Å². The number of halogens is 6. The fraction of sp³-hybridized carbons (Fsp3) is 0.182. The zero-order valence-electron chi connectivity index (χ0n) is 18.1. The number of nitrogens with one attached hydrogen (secondary N) is 1. The smallest absolute Gasteiger partial charge is 0.406 e. The number of aliphatic hydroxyl groups is 1. The van der Waals surface area contributed by atoms with Gasteiger partial charge in [-0.05, 0) is 60.5 Å². The van der Waals surface area contributed by atoms with Crippen molar-refractivity contribution in [2.24, 2.45) is 0 Å². The third kappa shape index (κ3) is 5.60. The van der Waals surface area contributed by atoms with Crippen molar-refractivity contribution >= 4 is 15.7 Å². The number of rotatable bonds is 7. The van der Waals surface area contributed by atoms with Crippen LogP contribution in [0.3, 0.4) is 0 Å². The van der Waals surface area contributed by atoms with Crippen LogP contribution in [0.1, 0.15) is 32.4 Å². The van der Waals surface area contributed by atoms with Crippen LogP contribution in [0.4, 0.5) is 26.3 Å². The van der Waals surface area contributed by atoms with Crippen molar-refractivity contribution in [3.8, 4) is 5.75 Å². The summed E-state index contributed by atoms with van der Waals surface area (Å²) < 4.78 is 112. The monoisotopic (exact) mass is 534 g/mol. The first-order valence-electron chi connectivity index (χ1n) is 9.85. The fourth-order valence-corrected chi connectivity index (χ4v) is 5.25. The lowest BCUT2D eigenvalue weighted by molar-refractivity contribution is -0.274. The molecule has 0 aliphatic heterocycles. The van der Waals surface area contributed by atoms with Crippen LogP contribution in [-0.2, 0) is 9.84 Å². The molecule has 7 nitrogen and oxygen atoms in total. The molecule has 14 heteroatoms. The van der Waals surface area contributed by atoms with Crippen LogP contribution in [0.25, 0.3) is 0 Å². The van der Waals surface area contributed by atoms with E-state index in [0.29, 0.717) is 24.3 Å². The maximum Gasteiger partial charge on any atom is 0.573 e. The molecule has 3 rings (SSSR count).